The van der Waals surface area contributed by atoms with E-state index in [1.165, 1.54) is 5.56 Å². The number of ether oxygens (including phenoxy) is 1. The summed E-state index contributed by atoms with van der Waals surface area (Å²) in [5.74, 6) is 0.901. The monoisotopic (exact) mass is 296 g/mol. The normalized spacial score (nSPS) is 11.2. The quantitative estimate of drug-likeness (QED) is 0.549. The molecule has 0 amide bonds. The SMILES string of the molecule is CN(C)CCCOc1ccccc1/C=N/Cc1ccccc1. The molecule has 0 aliphatic carbocycles. The molecule has 0 aliphatic rings. The van der Waals surface area contributed by atoms with Gasteiger partial charge in [-0.3, -0.25) is 4.99 Å². The fraction of sp³-hybridized carbons (Fsp3) is 0.316. The van der Waals surface area contributed by atoms with Gasteiger partial charge in [-0.2, -0.15) is 0 Å². The van der Waals surface area contributed by atoms with Crippen LogP contribution in [0.1, 0.15) is 17.5 Å². The van der Waals surface area contributed by atoms with Crippen molar-refractivity contribution in [2.75, 3.05) is 27.2 Å². The number of benzene rings is 2. The highest BCUT2D eigenvalue weighted by atomic mass is 16.5. The predicted octanol–water partition coefficient (Wildman–Crippen LogP) is 3.64. The topological polar surface area (TPSA) is 24.8 Å². The van der Waals surface area contributed by atoms with Crippen molar-refractivity contribution in [2.45, 2.75) is 13.0 Å². The van der Waals surface area contributed by atoms with E-state index in [1.54, 1.807) is 0 Å². The molecule has 0 fully saturated rings. The Kier molecular flexibility index (Phi) is 6.65. The first kappa shape index (κ1) is 16.2. The van der Waals surface area contributed by atoms with Crippen molar-refractivity contribution >= 4 is 6.21 Å². The first-order chi connectivity index (χ1) is 10.8. The molecule has 0 radical (unpaired) electrons. The molecule has 0 N–H and O–H groups in total. The van der Waals surface area contributed by atoms with E-state index in [-0.39, 0.29) is 0 Å². The molecule has 0 bridgehead atoms. The van der Waals surface area contributed by atoms with Crippen LogP contribution in [-0.4, -0.2) is 38.4 Å². The third-order valence-corrected chi connectivity index (χ3v) is 3.27. The van der Waals surface area contributed by atoms with Crippen LogP contribution in [0, 0.1) is 0 Å². The van der Waals surface area contributed by atoms with Gasteiger partial charge in [0.2, 0.25) is 0 Å². The van der Waals surface area contributed by atoms with Crippen molar-refractivity contribution in [1.82, 2.24) is 4.90 Å². The molecule has 0 spiro atoms. The molecule has 2 aromatic rings. The molecule has 0 atom stereocenters. The molecular weight excluding hydrogens is 272 g/mol. The van der Waals surface area contributed by atoms with Gasteiger partial charge < -0.3 is 9.64 Å². The summed E-state index contributed by atoms with van der Waals surface area (Å²) in [4.78, 5) is 6.68. The minimum absolute atomic E-state index is 0.690. The third-order valence-electron chi connectivity index (χ3n) is 3.27. The molecule has 0 aromatic heterocycles. The standard InChI is InChI=1S/C19H24N2O/c1-21(2)13-8-14-22-19-12-7-6-11-18(19)16-20-15-17-9-4-3-5-10-17/h3-7,9-12,16H,8,13-15H2,1-2H3/b20-16+. The van der Waals surface area contributed by atoms with Crippen LogP contribution in [0.5, 0.6) is 5.75 Å². The Morgan fingerprint density at radius 3 is 2.50 bits per heavy atom. The third kappa shape index (κ3) is 5.70. The number of rotatable bonds is 8. The predicted molar refractivity (Wildman–Crippen MR) is 92.8 cm³/mol. The van der Waals surface area contributed by atoms with Crippen LogP contribution in [0.3, 0.4) is 0 Å². The van der Waals surface area contributed by atoms with Gasteiger partial charge >= 0.3 is 0 Å². The number of aliphatic imine (C=N–C) groups is 1. The number of para-hydroxylation sites is 1. The van der Waals surface area contributed by atoms with Gasteiger partial charge in [0.25, 0.3) is 0 Å². The summed E-state index contributed by atoms with van der Waals surface area (Å²) in [6, 6.07) is 18.3. The van der Waals surface area contributed by atoms with Gasteiger partial charge in [0, 0.05) is 18.3 Å². The second-order valence-corrected chi connectivity index (χ2v) is 5.50. The Morgan fingerprint density at radius 2 is 1.73 bits per heavy atom. The summed E-state index contributed by atoms with van der Waals surface area (Å²) in [6.45, 7) is 2.45. The average Bonchev–Trinajstić information content (AvgIpc) is 2.54. The lowest BCUT2D eigenvalue weighted by Crippen LogP contribution is -2.15. The smallest absolute Gasteiger partial charge is 0.128 e. The van der Waals surface area contributed by atoms with Gasteiger partial charge in [-0.1, -0.05) is 42.5 Å². The van der Waals surface area contributed by atoms with Crippen molar-refractivity contribution in [3.63, 3.8) is 0 Å². The summed E-state index contributed by atoms with van der Waals surface area (Å²) in [6.07, 6.45) is 2.91. The van der Waals surface area contributed by atoms with Gasteiger partial charge in [0.15, 0.2) is 0 Å². The van der Waals surface area contributed by atoms with Crippen LogP contribution in [0.4, 0.5) is 0 Å². The zero-order valence-electron chi connectivity index (χ0n) is 13.4. The van der Waals surface area contributed by atoms with Crippen molar-refractivity contribution in [3.8, 4) is 5.75 Å². The van der Waals surface area contributed by atoms with Gasteiger partial charge in [-0.05, 0) is 38.2 Å². The van der Waals surface area contributed by atoms with E-state index in [1.807, 2.05) is 48.7 Å². The fourth-order valence-electron chi connectivity index (χ4n) is 2.11. The van der Waals surface area contributed by atoms with Crippen LogP contribution < -0.4 is 4.74 Å². The minimum atomic E-state index is 0.690. The first-order valence-corrected chi connectivity index (χ1v) is 7.66. The Balaban J connectivity index is 1.90. The molecule has 0 saturated heterocycles. The van der Waals surface area contributed by atoms with Gasteiger partial charge in [-0.25, -0.2) is 0 Å². The maximum Gasteiger partial charge on any atom is 0.128 e. The molecule has 2 rings (SSSR count). The van der Waals surface area contributed by atoms with E-state index in [9.17, 15) is 0 Å². The zero-order valence-corrected chi connectivity index (χ0v) is 13.4. The lowest BCUT2D eigenvalue weighted by Gasteiger charge is -2.11. The van der Waals surface area contributed by atoms with E-state index in [2.05, 4.69) is 36.1 Å². The molecule has 0 heterocycles. The zero-order chi connectivity index (χ0) is 15.6. The van der Waals surface area contributed by atoms with E-state index in [0.29, 0.717) is 6.54 Å². The second-order valence-electron chi connectivity index (χ2n) is 5.50. The maximum atomic E-state index is 5.87. The summed E-state index contributed by atoms with van der Waals surface area (Å²) >= 11 is 0. The van der Waals surface area contributed by atoms with Crippen molar-refractivity contribution in [1.29, 1.82) is 0 Å². The summed E-state index contributed by atoms with van der Waals surface area (Å²) in [5, 5.41) is 0. The van der Waals surface area contributed by atoms with E-state index in [4.69, 9.17) is 4.74 Å². The van der Waals surface area contributed by atoms with E-state index in [0.717, 1.165) is 30.9 Å². The number of hydrogen-bond acceptors (Lipinski definition) is 3. The molecule has 3 nitrogen and oxygen atoms in total. The molecule has 22 heavy (non-hydrogen) atoms. The number of nitrogens with zero attached hydrogens (tertiary/aromatic N) is 2. The largest absolute Gasteiger partial charge is 0.493 e. The Labute approximate surface area is 133 Å². The summed E-state index contributed by atoms with van der Waals surface area (Å²) in [7, 11) is 4.15. The molecular formula is C19H24N2O. The van der Waals surface area contributed by atoms with Crippen LogP contribution in [-0.2, 0) is 6.54 Å². The van der Waals surface area contributed by atoms with Gasteiger partial charge in [0.1, 0.15) is 5.75 Å². The highest BCUT2D eigenvalue weighted by Crippen LogP contribution is 2.16. The van der Waals surface area contributed by atoms with Crippen molar-refractivity contribution < 1.29 is 4.74 Å². The van der Waals surface area contributed by atoms with Crippen molar-refractivity contribution in [3.05, 3.63) is 65.7 Å². The van der Waals surface area contributed by atoms with E-state index < -0.39 is 0 Å². The molecule has 116 valence electrons. The Bertz CT molecular complexity index is 579. The number of hydrogen-bond donors (Lipinski definition) is 0. The average molecular weight is 296 g/mol. The summed E-state index contributed by atoms with van der Waals surface area (Å²) < 4.78 is 5.87. The summed E-state index contributed by atoms with van der Waals surface area (Å²) in [5.41, 5.74) is 2.24. The second kappa shape index (κ2) is 9.00. The van der Waals surface area contributed by atoms with Crippen molar-refractivity contribution in [2.24, 2.45) is 4.99 Å². The highest BCUT2D eigenvalue weighted by Gasteiger charge is 2.00. The Hall–Kier alpha value is -2.13. The van der Waals surface area contributed by atoms with Crippen LogP contribution in [0.25, 0.3) is 0 Å². The fourth-order valence-corrected chi connectivity index (χ4v) is 2.11. The van der Waals surface area contributed by atoms with E-state index >= 15 is 0 Å². The lowest BCUT2D eigenvalue weighted by molar-refractivity contribution is 0.281. The molecule has 2 aromatic carbocycles. The lowest BCUT2D eigenvalue weighted by atomic mass is 10.2. The Morgan fingerprint density at radius 1 is 1.00 bits per heavy atom. The first-order valence-electron chi connectivity index (χ1n) is 7.66. The van der Waals surface area contributed by atoms with Crippen LogP contribution in [0.15, 0.2) is 59.6 Å². The van der Waals surface area contributed by atoms with Gasteiger partial charge in [0.05, 0.1) is 13.2 Å². The molecule has 3 heteroatoms. The molecule has 0 aliphatic heterocycles. The molecule has 0 unspecified atom stereocenters. The van der Waals surface area contributed by atoms with Gasteiger partial charge in [-0.15, -0.1) is 0 Å². The van der Waals surface area contributed by atoms with Crippen LogP contribution in [0.2, 0.25) is 0 Å². The highest BCUT2D eigenvalue weighted by molar-refractivity contribution is 5.83. The maximum absolute atomic E-state index is 5.87. The van der Waals surface area contributed by atoms with Crippen LogP contribution >= 0.6 is 0 Å². The molecule has 0 saturated carbocycles. The minimum Gasteiger partial charge on any atom is -0.493 e.